The van der Waals surface area contributed by atoms with Crippen molar-refractivity contribution in [3.8, 4) is 12.3 Å². The van der Waals surface area contributed by atoms with Gasteiger partial charge >= 0.3 is 0 Å². The van der Waals surface area contributed by atoms with E-state index in [0.29, 0.717) is 23.7 Å². The largest absolute Gasteiger partial charge is 0.397 e. The zero-order valence-corrected chi connectivity index (χ0v) is 11.7. The molecule has 1 aromatic heterocycles. The van der Waals surface area contributed by atoms with Gasteiger partial charge in [0.15, 0.2) is 0 Å². The van der Waals surface area contributed by atoms with Gasteiger partial charge in [-0.15, -0.1) is 17.8 Å². The molecule has 1 aromatic carbocycles. The third kappa shape index (κ3) is 2.56. The number of fused-ring (bicyclic) bond motifs is 1. The number of hydrogen-bond donors (Lipinski definition) is 1. The van der Waals surface area contributed by atoms with Gasteiger partial charge in [0, 0.05) is 16.6 Å². The Morgan fingerprint density at radius 2 is 2.21 bits per heavy atom. The van der Waals surface area contributed by atoms with Gasteiger partial charge in [0.1, 0.15) is 4.88 Å². The molecule has 0 spiro atoms. The number of rotatable bonds is 4. The molecule has 2 rings (SSSR count). The molecule has 4 heteroatoms. The lowest BCUT2D eigenvalue weighted by Gasteiger charge is -2.18. The van der Waals surface area contributed by atoms with Crippen LogP contribution in [-0.2, 0) is 0 Å². The minimum absolute atomic E-state index is 0.0708. The Bertz CT molecular complexity index is 639. The highest BCUT2D eigenvalue weighted by molar-refractivity contribution is 7.21. The molecular formula is C15H16N2OS. The van der Waals surface area contributed by atoms with Crippen molar-refractivity contribution >= 4 is 33.0 Å². The molecule has 0 bridgehead atoms. The summed E-state index contributed by atoms with van der Waals surface area (Å²) in [5.74, 6) is 2.45. The second-order valence-electron chi connectivity index (χ2n) is 4.27. The maximum atomic E-state index is 12.5. The van der Waals surface area contributed by atoms with E-state index in [1.165, 1.54) is 11.3 Å². The fraction of sp³-hybridized carbons (Fsp3) is 0.267. The third-order valence-electron chi connectivity index (χ3n) is 2.89. The Labute approximate surface area is 117 Å². The van der Waals surface area contributed by atoms with E-state index in [2.05, 4.69) is 5.92 Å². The van der Waals surface area contributed by atoms with Crippen molar-refractivity contribution in [3.05, 3.63) is 29.1 Å². The normalized spacial score (nSPS) is 10.3. The molecule has 1 amide bonds. The summed E-state index contributed by atoms with van der Waals surface area (Å²) in [5, 5.41) is 0.938. The summed E-state index contributed by atoms with van der Waals surface area (Å²) in [7, 11) is 0. The highest BCUT2D eigenvalue weighted by atomic mass is 32.1. The second-order valence-corrected chi connectivity index (χ2v) is 5.32. The van der Waals surface area contributed by atoms with Crippen LogP contribution in [0, 0.1) is 12.3 Å². The average Bonchev–Trinajstić information content (AvgIpc) is 2.76. The van der Waals surface area contributed by atoms with E-state index in [-0.39, 0.29) is 5.91 Å². The van der Waals surface area contributed by atoms with Crippen LogP contribution in [0.15, 0.2) is 24.3 Å². The molecular weight excluding hydrogens is 256 g/mol. The molecule has 0 fully saturated rings. The fourth-order valence-corrected chi connectivity index (χ4v) is 3.09. The Kier molecular flexibility index (Phi) is 4.08. The van der Waals surface area contributed by atoms with Gasteiger partial charge in [-0.3, -0.25) is 4.79 Å². The van der Waals surface area contributed by atoms with Gasteiger partial charge in [0.2, 0.25) is 0 Å². The number of benzene rings is 1. The average molecular weight is 272 g/mol. The number of nitrogens with two attached hydrogens (primary N) is 1. The molecule has 2 N–H and O–H groups in total. The number of thiophene rings is 1. The van der Waals surface area contributed by atoms with Crippen LogP contribution in [0.25, 0.3) is 10.1 Å². The zero-order valence-electron chi connectivity index (χ0n) is 10.8. The SMILES string of the molecule is C#CCN(CCC)C(=O)c1sc2ccccc2c1N. The number of terminal acetylenes is 1. The summed E-state index contributed by atoms with van der Waals surface area (Å²) in [6.45, 7) is 2.99. The van der Waals surface area contributed by atoms with E-state index in [0.717, 1.165) is 16.5 Å². The molecule has 2 aromatic rings. The van der Waals surface area contributed by atoms with E-state index < -0.39 is 0 Å². The van der Waals surface area contributed by atoms with Gasteiger partial charge in [-0.2, -0.15) is 0 Å². The minimum Gasteiger partial charge on any atom is -0.397 e. The minimum atomic E-state index is -0.0708. The highest BCUT2D eigenvalue weighted by Crippen LogP contribution is 2.34. The van der Waals surface area contributed by atoms with Crippen LogP contribution in [0.4, 0.5) is 5.69 Å². The number of carbonyl (C=O) groups excluding carboxylic acids is 1. The second kappa shape index (κ2) is 5.77. The molecule has 0 saturated carbocycles. The third-order valence-corrected chi connectivity index (χ3v) is 4.07. The summed E-state index contributed by atoms with van der Waals surface area (Å²) in [6, 6.07) is 7.77. The van der Waals surface area contributed by atoms with Gasteiger partial charge in [-0.05, 0) is 12.5 Å². The molecule has 19 heavy (non-hydrogen) atoms. The highest BCUT2D eigenvalue weighted by Gasteiger charge is 2.20. The first-order chi connectivity index (χ1) is 9.19. The molecule has 0 unspecified atom stereocenters. The lowest BCUT2D eigenvalue weighted by Crippen LogP contribution is -2.32. The quantitative estimate of drug-likeness (QED) is 0.870. The number of nitrogen functional groups attached to an aromatic ring is 1. The summed E-state index contributed by atoms with van der Waals surface area (Å²) >= 11 is 1.43. The predicted octanol–water partition coefficient (Wildman–Crippen LogP) is 2.97. The maximum Gasteiger partial charge on any atom is 0.266 e. The molecule has 1 heterocycles. The van der Waals surface area contributed by atoms with Crippen molar-refractivity contribution in [3.63, 3.8) is 0 Å². The summed E-state index contributed by atoms with van der Waals surface area (Å²) in [6.07, 6.45) is 6.19. The number of anilines is 1. The van der Waals surface area contributed by atoms with Crippen LogP contribution < -0.4 is 5.73 Å². The van der Waals surface area contributed by atoms with E-state index in [1.54, 1.807) is 4.90 Å². The van der Waals surface area contributed by atoms with Gasteiger partial charge in [0.05, 0.1) is 12.2 Å². The smallest absolute Gasteiger partial charge is 0.266 e. The Balaban J connectivity index is 2.40. The number of nitrogens with zero attached hydrogens (tertiary/aromatic N) is 1. The number of carbonyl (C=O) groups is 1. The van der Waals surface area contributed by atoms with E-state index >= 15 is 0 Å². The van der Waals surface area contributed by atoms with Crippen LogP contribution in [0.3, 0.4) is 0 Å². The topological polar surface area (TPSA) is 46.3 Å². The Hall–Kier alpha value is -1.99. The van der Waals surface area contributed by atoms with E-state index in [1.807, 2.05) is 31.2 Å². The van der Waals surface area contributed by atoms with E-state index in [4.69, 9.17) is 12.2 Å². The van der Waals surface area contributed by atoms with Crippen LogP contribution >= 0.6 is 11.3 Å². The van der Waals surface area contributed by atoms with Gasteiger partial charge in [0.25, 0.3) is 5.91 Å². The van der Waals surface area contributed by atoms with Gasteiger partial charge in [-0.25, -0.2) is 0 Å². The van der Waals surface area contributed by atoms with Crippen LogP contribution in [0.5, 0.6) is 0 Å². The molecule has 0 aliphatic rings. The molecule has 0 radical (unpaired) electrons. The van der Waals surface area contributed by atoms with Crippen molar-refractivity contribution in [2.75, 3.05) is 18.8 Å². The van der Waals surface area contributed by atoms with Crippen molar-refractivity contribution < 1.29 is 4.79 Å². The maximum absolute atomic E-state index is 12.5. The molecule has 98 valence electrons. The summed E-state index contributed by atoms with van der Waals surface area (Å²) in [4.78, 5) is 14.7. The van der Waals surface area contributed by atoms with Crippen LogP contribution in [-0.4, -0.2) is 23.9 Å². The molecule has 0 atom stereocenters. The first-order valence-electron chi connectivity index (χ1n) is 6.18. The van der Waals surface area contributed by atoms with Gasteiger partial charge < -0.3 is 10.6 Å². The lowest BCUT2D eigenvalue weighted by molar-refractivity contribution is 0.0782. The van der Waals surface area contributed by atoms with Crippen LogP contribution in [0.1, 0.15) is 23.0 Å². The van der Waals surface area contributed by atoms with Crippen molar-refractivity contribution in [2.45, 2.75) is 13.3 Å². The first kappa shape index (κ1) is 13.4. The van der Waals surface area contributed by atoms with Crippen molar-refractivity contribution in [1.82, 2.24) is 4.90 Å². The van der Waals surface area contributed by atoms with Gasteiger partial charge in [-0.1, -0.05) is 31.0 Å². The van der Waals surface area contributed by atoms with Crippen molar-refractivity contribution in [2.24, 2.45) is 0 Å². The van der Waals surface area contributed by atoms with Crippen LogP contribution in [0.2, 0.25) is 0 Å². The Morgan fingerprint density at radius 1 is 1.47 bits per heavy atom. The Morgan fingerprint density at radius 3 is 2.84 bits per heavy atom. The summed E-state index contributed by atoms with van der Waals surface area (Å²) in [5.41, 5.74) is 6.64. The predicted molar refractivity (Wildman–Crippen MR) is 81.3 cm³/mol. The molecule has 0 saturated heterocycles. The first-order valence-corrected chi connectivity index (χ1v) is 7.00. The standard InChI is InChI=1S/C15H16N2OS/c1-3-9-17(10-4-2)15(18)14-13(16)11-7-5-6-8-12(11)19-14/h1,5-8H,4,9-10,16H2,2H3. The molecule has 3 nitrogen and oxygen atoms in total. The van der Waals surface area contributed by atoms with E-state index in [9.17, 15) is 4.79 Å². The lowest BCUT2D eigenvalue weighted by atomic mass is 10.2. The zero-order chi connectivity index (χ0) is 13.8. The number of amides is 1. The monoisotopic (exact) mass is 272 g/mol. The molecule has 0 aliphatic carbocycles. The summed E-state index contributed by atoms with van der Waals surface area (Å²) < 4.78 is 1.03. The number of hydrogen-bond acceptors (Lipinski definition) is 3. The van der Waals surface area contributed by atoms with Crippen molar-refractivity contribution in [1.29, 1.82) is 0 Å². The molecule has 0 aliphatic heterocycles. The fourth-order valence-electron chi connectivity index (χ4n) is 2.00.